The van der Waals surface area contributed by atoms with E-state index < -0.39 is 24.6 Å². The molecule has 1 aliphatic rings. The van der Waals surface area contributed by atoms with Crippen molar-refractivity contribution in [1.29, 1.82) is 0 Å². The van der Waals surface area contributed by atoms with Crippen LogP contribution in [0.2, 0.25) is 0 Å². The molecule has 1 fully saturated rings. The highest BCUT2D eigenvalue weighted by Crippen LogP contribution is 2.21. The van der Waals surface area contributed by atoms with E-state index in [1.165, 1.54) is 0 Å². The molecule has 12 heavy (non-hydrogen) atoms. The minimum absolute atomic E-state index is 0.318. The summed E-state index contributed by atoms with van der Waals surface area (Å²) in [5.74, 6) is 0. The molecule has 0 radical (unpaired) electrons. The van der Waals surface area contributed by atoms with Crippen LogP contribution in [0.3, 0.4) is 0 Å². The van der Waals surface area contributed by atoms with Crippen LogP contribution in [0.4, 0.5) is 0 Å². The van der Waals surface area contributed by atoms with Gasteiger partial charge in [0, 0.05) is 6.61 Å². The van der Waals surface area contributed by atoms with Crippen molar-refractivity contribution >= 4 is 0 Å². The van der Waals surface area contributed by atoms with E-state index >= 15 is 0 Å². The molecule has 0 spiro atoms. The van der Waals surface area contributed by atoms with E-state index in [2.05, 4.69) is 0 Å². The maximum atomic E-state index is 9.28. The Balaban J connectivity index is 2.48. The molecule has 1 rings (SSSR count). The molecule has 72 valence electrons. The summed E-state index contributed by atoms with van der Waals surface area (Å²) in [5.41, 5.74) is 0. The van der Waals surface area contributed by atoms with Gasteiger partial charge in [-0.1, -0.05) is 0 Å². The maximum Gasteiger partial charge on any atom is 0.186 e. The second kappa shape index (κ2) is 4.15. The van der Waals surface area contributed by atoms with E-state index in [0.717, 1.165) is 0 Å². The van der Waals surface area contributed by atoms with Gasteiger partial charge in [0.1, 0.15) is 18.3 Å². The van der Waals surface area contributed by atoms with Crippen molar-refractivity contribution in [3.05, 3.63) is 0 Å². The van der Waals surface area contributed by atoms with E-state index in [9.17, 15) is 10.2 Å². The lowest BCUT2D eigenvalue weighted by Gasteiger charge is -2.13. The Morgan fingerprint density at radius 3 is 2.42 bits per heavy atom. The Morgan fingerprint density at radius 1 is 1.33 bits per heavy atom. The van der Waals surface area contributed by atoms with Crippen molar-refractivity contribution in [2.75, 3.05) is 13.2 Å². The Morgan fingerprint density at radius 2 is 2.00 bits per heavy atom. The number of ether oxygens (including phenoxy) is 2. The van der Waals surface area contributed by atoms with Gasteiger partial charge in [-0.25, -0.2) is 0 Å². The van der Waals surface area contributed by atoms with E-state index in [1.807, 2.05) is 0 Å². The lowest BCUT2D eigenvalue weighted by atomic mass is 10.1. The standard InChI is InChI=1S/C7H14O5/c1-2-11-7-6(10)5(9)4(3-8)12-7/h4-10H,2-3H2,1H3/t4-,5-,6-,7?/m1/s1. The van der Waals surface area contributed by atoms with Gasteiger partial charge in [0.25, 0.3) is 0 Å². The molecule has 1 aliphatic heterocycles. The summed E-state index contributed by atoms with van der Waals surface area (Å²) < 4.78 is 9.98. The third-order valence-electron chi connectivity index (χ3n) is 1.83. The first-order chi connectivity index (χ1) is 5.70. The first-order valence-corrected chi connectivity index (χ1v) is 3.94. The van der Waals surface area contributed by atoms with E-state index in [1.54, 1.807) is 6.92 Å². The summed E-state index contributed by atoms with van der Waals surface area (Å²) in [5, 5.41) is 27.2. The summed E-state index contributed by atoms with van der Waals surface area (Å²) in [7, 11) is 0. The number of rotatable bonds is 3. The second-order valence-electron chi connectivity index (χ2n) is 2.66. The zero-order chi connectivity index (χ0) is 9.14. The van der Waals surface area contributed by atoms with Gasteiger partial charge in [0.2, 0.25) is 0 Å². The molecule has 1 saturated heterocycles. The summed E-state index contributed by atoms with van der Waals surface area (Å²) in [6.45, 7) is 1.84. The quantitative estimate of drug-likeness (QED) is 0.488. The van der Waals surface area contributed by atoms with Gasteiger partial charge in [-0.3, -0.25) is 0 Å². The minimum Gasteiger partial charge on any atom is -0.394 e. The van der Waals surface area contributed by atoms with Crippen molar-refractivity contribution < 1.29 is 24.8 Å². The first-order valence-electron chi connectivity index (χ1n) is 3.94. The molecule has 0 amide bonds. The third kappa shape index (κ3) is 1.75. The summed E-state index contributed by atoms with van der Waals surface area (Å²) in [4.78, 5) is 0. The molecule has 3 N–H and O–H groups in total. The lowest BCUT2D eigenvalue weighted by Crippen LogP contribution is -2.34. The highest BCUT2D eigenvalue weighted by molar-refractivity contribution is 4.85. The van der Waals surface area contributed by atoms with Crippen molar-refractivity contribution in [1.82, 2.24) is 0 Å². The van der Waals surface area contributed by atoms with Crippen molar-refractivity contribution in [2.45, 2.75) is 31.5 Å². The topological polar surface area (TPSA) is 79.2 Å². The normalized spacial score (nSPS) is 42.0. The van der Waals surface area contributed by atoms with Gasteiger partial charge in [0.05, 0.1) is 6.61 Å². The average molecular weight is 178 g/mol. The van der Waals surface area contributed by atoms with Gasteiger partial charge in [-0.05, 0) is 6.92 Å². The van der Waals surface area contributed by atoms with Crippen LogP contribution in [0.15, 0.2) is 0 Å². The molecule has 4 atom stereocenters. The van der Waals surface area contributed by atoms with Crippen molar-refractivity contribution in [3.8, 4) is 0 Å². The van der Waals surface area contributed by atoms with Crippen LogP contribution >= 0.6 is 0 Å². The molecule has 0 aromatic carbocycles. The molecular formula is C7H14O5. The molecule has 5 nitrogen and oxygen atoms in total. The van der Waals surface area contributed by atoms with E-state index in [-0.39, 0.29) is 6.61 Å². The van der Waals surface area contributed by atoms with Crippen LogP contribution < -0.4 is 0 Å². The molecule has 0 saturated carbocycles. The highest BCUT2D eigenvalue weighted by Gasteiger charge is 2.42. The van der Waals surface area contributed by atoms with Crippen LogP contribution in [-0.4, -0.2) is 53.1 Å². The van der Waals surface area contributed by atoms with Crippen LogP contribution in [-0.2, 0) is 9.47 Å². The van der Waals surface area contributed by atoms with Gasteiger partial charge in [-0.15, -0.1) is 0 Å². The van der Waals surface area contributed by atoms with Crippen molar-refractivity contribution in [3.63, 3.8) is 0 Å². The van der Waals surface area contributed by atoms with Crippen molar-refractivity contribution in [2.24, 2.45) is 0 Å². The predicted octanol–water partition coefficient (Wildman–Crippen LogP) is -1.54. The zero-order valence-corrected chi connectivity index (χ0v) is 6.88. The molecule has 5 heteroatoms. The molecule has 0 aromatic rings. The van der Waals surface area contributed by atoms with Gasteiger partial charge in [0.15, 0.2) is 6.29 Å². The molecule has 0 bridgehead atoms. The largest absolute Gasteiger partial charge is 0.394 e. The molecule has 0 aliphatic carbocycles. The smallest absolute Gasteiger partial charge is 0.186 e. The number of hydrogen-bond acceptors (Lipinski definition) is 5. The molecular weight excluding hydrogens is 164 g/mol. The summed E-state index contributed by atoms with van der Waals surface area (Å²) in [6.07, 6.45) is -3.69. The minimum atomic E-state index is -1.07. The van der Waals surface area contributed by atoms with Crippen LogP contribution in [0, 0.1) is 0 Å². The average Bonchev–Trinajstić information content (AvgIpc) is 2.33. The van der Waals surface area contributed by atoms with Crippen LogP contribution in [0.5, 0.6) is 0 Å². The fourth-order valence-corrected chi connectivity index (χ4v) is 1.17. The molecule has 0 aromatic heterocycles. The Labute approximate surface area is 70.5 Å². The predicted molar refractivity (Wildman–Crippen MR) is 39.4 cm³/mol. The SMILES string of the molecule is CCOC1O[C@H](CO)[C@@H](O)[C@H]1O. The molecule has 1 unspecified atom stereocenters. The van der Waals surface area contributed by atoms with Crippen LogP contribution in [0.1, 0.15) is 6.92 Å². The monoisotopic (exact) mass is 178 g/mol. The van der Waals surface area contributed by atoms with E-state index in [0.29, 0.717) is 6.61 Å². The fraction of sp³-hybridized carbons (Fsp3) is 1.00. The van der Waals surface area contributed by atoms with Gasteiger partial charge in [-0.2, -0.15) is 0 Å². The van der Waals surface area contributed by atoms with Crippen LogP contribution in [0.25, 0.3) is 0 Å². The summed E-state index contributed by atoms with van der Waals surface area (Å²) >= 11 is 0. The highest BCUT2D eigenvalue weighted by atomic mass is 16.7. The third-order valence-corrected chi connectivity index (χ3v) is 1.83. The summed E-state index contributed by atoms with van der Waals surface area (Å²) in [6, 6.07) is 0. The second-order valence-corrected chi connectivity index (χ2v) is 2.66. The Bertz CT molecular complexity index is 140. The Kier molecular flexibility index (Phi) is 3.42. The zero-order valence-electron chi connectivity index (χ0n) is 6.88. The number of hydrogen-bond donors (Lipinski definition) is 3. The van der Waals surface area contributed by atoms with E-state index in [4.69, 9.17) is 14.6 Å². The lowest BCUT2D eigenvalue weighted by molar-refractivity contribution is -0.166. The first kappa shape index (κ1) is 9.88. The fourth-order valence-electron chi connectivity index (χ4n) is 1.17. The van der Waals surface area contributed by atoms with Gasteiger partial charge < -0.3 is 24.8 Å². The molecule has 1 heterocycles. The Hall–Kier alpha value is -0.200. The maximum absolute atomic E-state index is 9.28. The number of aliphatic hydroxyl groups excluding tert-OH is 3. The van der Waals surface area contributed by atoms with Gasteiger partial charge >= 0.3 is 0 Å². The number of aliphatic hydroxyl groups is 3.